The van der Waals surface area contributed by atoms with Crippen molar-refractivity contribution in [3.05, 3.63) is 23.8 Å². The van der Waals surface area contributed by atoms with E-state index in [-0.39, 0.29) is 12.2 Å². The summed E-state index contributed by atoms with van der Waals surface area (Å²) in [5.41, 5.74) is 0.986. The van der Waals surface area contributed by atoms with Gasteiger partial charge in [0, 0.05) is 12.0 Å². The second-order valence-corrected chi connectivity index (χ2v) is 4.38. The first-order valence-corrected chi connectivity index (χ1v) is 6.09. The Bertz CT molecular complexity index is 347. The molecule has 0 heterocycles. The van der Waals surface area contributed by atoms with Gasteiger partial charge in [0.05, 0.1) is 19.3 Å². The van der Waals surface area contributed by atoms with Gasteiger partial charge in [-0.3, -0.25) is 0 Å². The lowest BCUT2D eigenvalue weighted by molar-refractivity contribution is 0.169. The fourth-order valence-corrected chi connectivity index (χ4v) is 1.70. The smallest absolute Gasteiger partial charge is 0.164 e. The van der Waals surface area contributed by atoms with Crippen LogP contribution < -0.4 is 9.47 Å². The van der Waals surface area contributed by atoms with Gasteiger partial charge in [0.1, 0.15) is 0 Å². The van der Waals surface area contributed by atoms with Crippen LogP contribution in [-0.2, 0) is 6.42 Å². The molecule has 0 amide bonds. The number of rotatable bonds is 6. The van der Waals surface area contributed by atoms with Crippen LogP contribution >= 0.6 is 0 Å². The normalized spacial score (nSPS) is 12.6. The average Bonchev–Trinajstić information content (AvgIpc) is 2.28. The summed E-state index contributed by atoms with van der Waals surface area (Å²) in [6.07, 6.45) is 1.10. The number of hydrogen-bond donors (Lipinski definition) is 1. The summed E-state index contributed by atoms with van der Waals surface area (Å²) in [4.78, 5) is 0. The van der Waals surface area contributed by atoms with E-state index in [1.807, 2.05) is 39.0 Å². The average molecular weight is 238 g/mol. The summed E-state index contributed by atoms with van der Waals surface area (Å²) in [6, 6.07) is 5.78. The molecule has 1 rings (SSSR count). The third-order valence-corrected chi connectivity index (χ3v) is 2.55. The van der Waals surface area contributed by atoms with Crippen molar-refractivity contribution in [3.8, 4) is 11.5 Å². The van der Waals surface area contributed by atoms with Crippen LogP contribution in [0.2, 0.25) is 0 Å². The van der Waals surface area contributed by atoms with Crippen molar-refractivity contribution in [2.45, 2.75) is 45.8 Å². The Hall–Kier alpha value is -1.22. The second kappa shape index (κ2) is 6.50. The predicted octanol–water partition coefficient (Wildman–Crippen LogP) is 2.80. The Morgan fingerprint density at radius 2 is 2.00 bits per heavy atom. The summed E-state index contributed by atoms with van der Waals surface area (Å²) in [5, 5.41) is 9.71. The Labute approximate surface area is 103 Å². The zero-order chi connectivity index (χ0) is 12.8. The molecule has 1 atom stereocenters. The second-order valence-electron chi connectivity index (χ2n) is 4.38. The van der Waals surface area contributed by atoms with Gasteiger partial charge in [-0.05, 0) is 26.3 Å². The van der Waals surface area contributed by atoms with Gasteiger partial charge >= 0.3 is 0 Å². The number of methoxy groups -OCH3 is 1. The van der Waals surface area contributed by atoms with Crippen LogP contribution in [0.25, 0.3) is 0 Å². The molecular weight excluding hydrogens is 216 g/mol. The number of hydrogen-bond acceptors (Lipinski definition) is 3. The molecule has 1 N–H and O–H groups in total. The Morgan fingerprint density at radius 1 is 1.29 bits per heavy atom. The lowest BCUT2D eigenvalue weighted by atomic mass is 10.0. The van der Waals surface area contributed by atoms with E-state index in [0.717, 1.165) is 23.5 Å². The van der Waals surface area contributed by atoms with Crippen molar-refractivity contribution in [3.63, 3.8) is 0 Å². The Kier molecular flexibility index (Phi) is 5.29. The van der Waals surface area contributed by atoms with Crippen LogP contribution in [0.5, 0.6) is 11.5 Å². The minimum atomic E-state index is -0.335. The molecule has 17 heavy (non-hydrogen) atoms. The first kappa shape index (κ1) is 13.8. The zero-order valence-corrected chi connectivity index (χ0v) is 11.1. The maximum atomic E-state index is 9.71. The van der Waals surface area contributed by atoms with E-state index >= 15 is 0 Å². The van der Waals surface area contributed by atoms with Gasteiger partial charge in [0.15, 0.2) is 11.5 Å². The number of ether oxygens (including phenoxy) is 2. The highest BCUT2D eigenvalue weighted by molar-refractivity contribution is 5.47. The zero-order valence-electron chi connectivity index (χ0n) is 11.1. The number of benzene rings is 1. The summed E-state index contributed by atoms with van der Waals surface area (Å²) in [6.45, 7) is 5.92. The fraction of sp³-hybridized carbons (Fsp3) is 0.571. The van der Waals surface area contributed by atoms with Gasteiger partial charge in [0.25, 0.3) is 0 Å². The number of aliphatic hydroxyl groups is 1. The molecule has 0 spiro atoms. The highest BCUT2D eigenvalue weighted by atomic mass is 16.5. The van der Waals surface area contributed by atoms with E-state index in [0.29, 0.717) is 6.42 Å². The van der Waals surface area contributed by atoms with E-state index in [1.165, 1.54) is 0 Å². The third-order valence-electron chi connectivity index (χ3n) is 2.55. The quantitative estimate of drug-likeness (QED) is 0.828. The monoisotopic (exact) mass is 238 g/mol. The van der Waals surface area contributed by atoms with Crippen molar-refractivity contribution >= 4 is 0 Å². The van der Waals surface area contributed by atoms with E-state index in [2.05, 4.69) is 0 Å². The van der Waals surface area contributed by atoms with Crippen molar-refractivity contribution < 1.29 is 14.6 Å². The van der Waals surface area contributed by atoms with Crippen molar-refractivity contribution in [1.29, 1.82) is 0 Å². The molecule has 0 aliphatic rings. The molecule has 0 aliphatic carbocycles. The maximum absolute atomic E-state index is 9.71. The molecule has 0 aromatic heterocycles. The molecule has 0 bridgehead atoms. The molecule has 96 valence electrons. The molecule has 1 aromatic rings. The standard InChI is InChI=1S/C14H22O3/c1-5-12(15)9-11-7-6-8-13(14(11)16-4)17-10(2)3/h6-8,10,12,15H,5,9H2,1-4H3. The van der Waals surface area contributed by atoms with Gasteiger partial charge in [0.2, 0.25) is 0 Å². The van der Waals surface area contributed by atoms with Gasteiger partial charge in [-0.2, -0.15) is 0 Å². The van der Waals surface area contributed by atoms with Gasteiger partial charge in [-0.25, -0.2) is 0 Å². The summed E-state index contributed by atoms with van der Waals surface area (Å²) < 4.78 is 11.1. The van der Waals surface area contributed by atoms with Crippen LogP contribution in [0.15, 0.2) is 18.2 Å². The van der Waals surface area contributed by atoms with Crippen LogP contribution in [0.4, 0.5) is 0 Å². The molecule has 0 fully saturated rings. The SMILES string of the molecule is CCC(O)Cc1cccc(OC(C)C)c1OC. The minimum absolute atomic E-state index is 0.107. The Balaban J connectivity index is 2.96. The maximum Gasteiger partial charge on any atom is 0.164 e. The van der Waals surface area contributed by atoms with Gasteiger partial charge < -0.3 is 14.6 Å². The first-order chi connectivity index (χ1) is 8.08. The van der Waals surface area contributed by atoms with E-state index < -0.39 is 0 Å². The van der Waals surface area contributed by atoms with Crippen molar-refractivity contribution in [2.75, 3.05) is 7.11 Å². The summed E-state index contributed by atoms with van der Waals surface area (Å²) in [5.74, 6) is 1.47. The minimum Gasteiger partial charge on any atom is -0.493 e. The van der Waals surface area contributed by atoms with Crippen LogP contribution in [0.3, 0.4) is 0 Å². The molecule has 1 aromatic carbocycles. The summed E-state index contributed by atoms with van der Waals surface area (Å²) in [7, 11) is 1.63. The molecule has 3 nitrogen and oxygen atoms in total. The van der Waals surface area contributed by atoms with E-state index in [1.54, 1.807) is 7.11 Å². The van der Waals surface area contributed by atoms with Gasteiger partial charge in [-0.15, -0.1) is 0 Å². The van der Waals surface area contributed by atoms with Crippen LogP contribution in [-0.4, -0.2) is 24.4 Å². The molecule has 3 heteroatoms. The van der Waals surface area contributed by atoms with E-state index in [9.17, 15) is 5.11 Å². The van der Waals surface area contributed by atoms with Crippen molar-refractivity contribution in [2.24, 2.45) is 0 Å². The molecule has 0 saturated carbocycles. The lowest BCUT2D eigenvalue weighted by Gasteiger charge is -2.17. The van der Waals surface area contributed by atoms with Gasteiger partial charge in [-0.1, -0.05) is 19.1 Å². The number of aliphatic hydroxyl groups excluding tert-OH is 1. The molecule has 0 aliphatic heterocycles. The highest BCUT2D eigenvalue weighted by Crippen LogP contribution is 2.32. The van der Waals surface area contributed by atoms with Crippen LogP contribution in [0.1, 0.15) is 32.8 Å². The fourth-order valence-electron chi connectivity index (χ4n) is 1.70. The highest BCUT2D eigenvalue weighted by Gasteiger charge is 2.13. The van der Waals surface area contributed by atoms with E-state index in [4.69, 9.17) is 9.47 Å². The topological polar surface area (TPSA) is 38.7 Å². The third kappa shape index (κ3) is 3.93. The molecular formula is C14H22O3. The predicted molar refractivity (Wildman–Crippen MR) is 68.8 cm³/mol. The summed E-state index contributed by atoms with van der Waals surface area (Å²) >= 11 is 0. The Morgan fingerprint density at radius 3 is 2.53 bits per heavy atom. The molecule has 0 saturated heterocycles. The lowest BCUT2D eigenvalue weighted by Crippen LogP contribution is -2.11. The van der Waals surface area contributed by atoms with Crippen molar-refractivity contribution in [1.82, 2.24) is 0 Å². The van der Waals surface area contributed by atoms with Crippen LogP contribution in [0, 0.1) is 0 Å². The molecule has 1 unspecified atom stereocenters. The molecule has 0 radical (unpaired) electrons. The largest absolute Gasteiger partial charge is 0.493 e. The number of para-hydroxylation sites is 1. The first-order valence-electron chi connectivity index (χ1n) is 6.09.